The Bertz CT molecular complexity index is 1470. The number of halogens is 4. The van der Waals surface area contributed by atoms with E-state index in [1.54, 1.807) is 42.5 Å². The van der Waals surface area contributed by atoms with Crippen LogP contribution in [0.15, 0.2) is 54.6 Å². The summed E-state index contributed by atoms with van der Waals surface area (Å²) in [7, 11) is 2.65. The molecule has 0 radical (unpaired) electrons. The number of ether oxygens (including phenoxy) is 3. The number of amides is 1. The SMILES string of the molecule is COc1cc(NC(C(=O)N2CCc3cc(OC)c(C(F)(F)F)cc32)[C@@H](C)c2ccc(Cl)cc2)cc(OCCCC(=O)O)c1. The van der Waals surface area contributed by atoms with Gasteiger partial charge in [-0.05, 0) is 48.2 Å². The Labute approximate surface area is 252 Å². The first kappa shape index (κ1) is 31.8. The largest absolute Gasteiger partial charge is 0.497 e. The van der Waals surface area contributed by atoms with Crippen LogP contribution in [0.4, 0.5) is 24.5 Å². The van der Waals surface area contributed by atoms with Crippen LogP contribution in [0.25, 0.3) is 0 Å². The minimum Gasteiger partial charge on any atom is -0.497 e. The summed E-state index contributed by atoms with van der Waals surface area (Å²) in [5.41, 5.74) is 1.06. The quantitative estimate of drug-likeness (QED) is 0.215. The van der Waals surface area contributed by atoms with Crippen LogP contribution in [0.3, 0.4) is 0 Å². The van der Waals surface area contributed by atoms with E-state index >= 15 is 0 Å². The fraction of sp³-hybridized carbons (Fsp3) is 0.355. The molecule has 1 heterocycles. The Kier molecular flexibility index (Phi) is 9.95. The van der Waals surface area contributed by atoms with Gasteiger partial charge in [0, 0.05) is 53.5 Å². The van der Waals surface area contributed by atoms with E-state index in [1.807, 2.05) is 6.92 Å². The van der Waals surface area contributed by atoms with Crippen LogP contribution in [0, 0.1) is 0 Å². The molecule has 1 unspecified atom stereocenters. The second-order valence-corrected chi connectivity index (χ2v) is 10.6. The lowest BCUT2D eigenvalue weighted by atomic mass is 9.92. The van der Waals surface area contributed by atoms with Gasteiger partial charge in [-0.25, -0.2) is 0 Å². The van der Waals surface area contributed by atoms with Crippen molar-refractivity contribution in [3.63, 3.8) is 0 Å². The summed E-state index contributed by atoms with van der Waals surface area (Å²) < 4.78 is 57.7. The molecular formula is C31H32ClF3N2O6. The van der Waals surface area contributed by atoms with Crippen LogP contribution >= 0.6 is 11.6 Å². The maximum atomic E-state index is 14.2. The van der Waals surface area contributed by atoms with Crippen LogP contribution in [0.5, 0.6) is 17.2 Å². The maximum Gasteiger partial charge on any atom is 0.420 e. The lowest BCUT2D eigenvalue weighted by Gasteiger charge is -2.30. The number of carboxylic acid groups (broad SMARTS) is 1. The van der Waals surface area contributed by atoms with E-state index in [4.69, 9.17) is 30.9 Å². The van der Waals surface area contributed by atoms with E-state index in [9.17, 15) is 22.8 Å². The molecule has 3 aromatic rings. The molecular weight excluding hydrogens is 589 g/mol. The Morgan fingerprint density at radius 2 is 1.74 bits per heavy atom. The lowest BCUT2D eigenvalue weighted by molar-refractivity contribution is -0.139. The molecule has 0 saturated heterocycles. The molecule has 1 aliphatic rings. The molecule has 230 valence electrons. The first-order valence-corrected chi connectivity index (χ1v) is 13.9. The molecule has 0 aromatic heterocycles. The third kappa shape index (κ3) is 7.64. The van der Waals surface area contributed by atoms with E-state index in [-0.39, 0.29) is 31.0 Å². The average Bonchev–Trinajstić information content (AvgIpc) is 3.39. The highest BCUT2D eigenvalue weighted by atomic mass is 35.5. The fourth-order valence-electron chi connectivity index (χ4n) is 5.01. The number of methoxy groups -OCH3 is 2. The number of nitrogens with zero attached hydrogens (tertiary/aromatic N) is 1. The average molecular weight is 621 g/mol. The number of benzene rings is 3. The molecule has 0 fully saturated rings. The van der Waals surface area contributed by atoms with Gasteiger partial charge in [-0.2, -0.15) is 13.2 Å². The minimum absolute atomic E-state index is 0.0521. The zero-order chi connectivity index (χ0) is 31.3. The normalized spacial score (nSPS) is 14.1. The third-order valence-corrected chi connectivity index (χ3v) is 7.52. The number of hydrogen-bond acceptors (Lipinski definition) is 6. The van der Waals surface area contributed by atoms with Crippen molar-refractivity contribution in [3.8, 4) is 17.2 Å². The molecule has 0 bridgehead atoms. The molecule has 4 rings (SSSR count). The van der Waals surface area contributed by atoms with Gasteiger partial charge in [0.05, 0.1) is 26.4 Å². The first-order valence-electron chi connectivity index (χ1n) is 13.6. The van der Waals surface area contributed by atoms with Crippen molar-refractivity contribution in [1.29, 1.82) is 0 Å². The molecule has 0 aliphatic carbocycles. The molecule has 3 aromatic carbocycles. The van der Waals surface area contributed by atoms with Crippen molar-refractivity contribution in [1.82, 2.24) is 0 Å². The van der Waals surface area contributed by atoms with E-state index in [2.05, 4.69) is 5.32 Å². The first-order chi connectivity index (χ1) is 20.4. The molecule has 8 nitrogen and oxygen atoms in total. The van der Waals surface area contributed by atoms with E-state index in [1.165, 1.54) is 25.2 Å². The zero-order valence-electron chi connectivity index (χ0n) is 23.8. The van der Waals surface area contributed by atoms with Crippen LogP contribution in [-0.2, 0) is 22.2 Å². The predicted molar refractivity (Wildman–Crippen MR) is 157 cm³/mol. The van der Waals surface area contributed by atoms with Gasteiger partial charge < -0.3 is 29.5 Å². The van der Waals surface area contributed by atoms with Crippen molar-refractivity contribution < 1.29 is 42.1 Å². The van der Waals surface area contributed by atoms with Gasteiger partial charge in [-0.1, -0.05) is 30.7 Å². The number of carboxylic acids is 1. The number of rotatable bonds is 12. The van der Waals surface area contributed by atoms with Gasteiger partial charge in [-0.3, -0.25) is 9.59 Å². The molecule has 43 heavy (non-hydrogen) atoms. The smallest absolute Gasteiger partial charge is 0.420 e. The number of anilines is 2. The molecule has 1 aliphatic heterocycles. The second-order valence-electron chi connectivity index (χ2n) is 10.1. The summed E-state index contributed by atoms with van der Waals surface area (Å²) >= 11 is 6.09. The number of carbonyl (C=O) groups is 2. The maximum absolute atomic E-state index is 14.2. The van der Waals surface area contributed by atoms with E-state index in [0.717, 1.165) is 11.6 Å². The highest BCUT2D eigenvalue weighted by molar-refractivity contribution is 6.30. The summed E-state index contributed by atoms with van der Waals surface area (Å²) in [5.74, 6) is -1.27. The van der Waals surface area contributed by atoms with E-state index < -0.39 is 35.6 Å². The summed E-state index contributed by atoms with van der Waals surface area (Å²) in [6, 6.07) is 13.3. The molecule has 1 amide bonds. The van der Waals surface area contributed by atoms with Gasteiger partial charge in [0.15, 0.2) is 0 Å². The number of nitrogens with one attached hydrogen (secondary N) is 1. The van der Waals surface area contributed by atoms with Crippen molar-refractivity contribution >= 4 is 34.9 Å². The van der Waals surface area contributed by atoms with Crippen molar-refractivity contribution in [2.75, 3.05) is 37.6 Å². The van der Waals surface area contributed by atoms with Crippen molar-refractivity contribution in [2.45, 2.75) is 44.3 Å². The predicted octanol–water partition coefficient (Wildman–Crippen LogP) is 6.79. The Balaban J connectivity index is 1.70. The number of aliphatic carboxylic acids is 1. The molecule has 2 N–H and O–H groups in total. The highest BCUT2D eigenvalue weighted by Crippen LogP contribution is 2.43. The summed E-state index contributed by atoms with van der Waals surface area (Å²) in [5, 5.41) is 12.7. The minimum atomic E-state index is -4.67. The second kappa shape index (κ2) is 13.5. The molecule has 12 heteroatoms. The summed E-state index contributed by atoms with van der Waals surface area (Å²) in [4.78, 5) is 26.4. The Hall–Kier alpha value is -4.12. The number of alkyl halides is 3. The van der Waals surface area contributed by atoms with Crippen LogP contribution < -0.4 is 24.4 Å². The molecule has 0 spiro atoms. The number of fused-ring (bicyclic) bond motifs is 1. The van der Waals surface area contributed by atoms with Gasteiger partial charge in [-0.15, -0.1) is 0 Å². The lowest BCUT2D eigenvalue weighted by Crippen LogP contribution is -2.45. The molecule has 2 atom stereocenters. The van der Waals surface area contributed by atoms with Crippen LogP contribution in [0.1, 0.15) is 42.4 Å². The molecule has 0 saturated carbocycles. The van der Waals surface area contributed by atoms with Crippen molar-refractivity contribution in [2.24, 2.45) is 0 Å². The number of carbonyl (C=O) groups excluding carboxylic acids is 1. The Morgan fingerprint density at radius 3 is 2.37 bits per heavy atom. The fourth-order valence-corrected chi connectivity index (χ4v) is 5.14. The van der Waals surface area contributed by atoms with Crippen LogP contribution in [0.2, 0.25) is 5.02 Å². The standard InChI is InChI=1S/C31H32ClF3N2O6/c1-18(19-6-8-21(32)9-7-19)29(36-22-14-23(41-2)16-24(15-22)43-12-4-5-28(38)39)30(40)37-11-10-20-13-27(42-3)25(17-26(20)37)31(33,34)35/h6-9,13-18,29,36H,4-5,10-12H2,1-3H3,(H,38,39)/t18-,29?/m0/s1. The Morgan fingerprint density at radius 1 is 1.05 bits per heavy atom. The summed E-state index contributed by atoms with van der Waals surface area (Å²) in [6.45, 7) is 2.19. The number of hydrogen-bond donors (Lipinski definition) is 2. The van der Waals surface area contributed by atoms with E-state index in [0.29, 0.717) is 40.6 Å². The topological polar surface area (TPSA) is 97.3 Å². The summed E-state index contributed by atoms with van der Waals surface area (Å²) in [6.07, 6.45) is -4.06. The zero-order valence-corrected chi connectivity index (χ0v) is 24.6. The van der Waals surface area contributed by atoms with Crippen LogP contribution in [-0.4, -0.2) is 50.4 Å². The van der Waals surface area contributed by atoms with Gasteiger partial charge >= 0.3 is 12.1 Å². The monoisotopic (exact) mass is 620 g/mol. The van der Waals surface area contributed by atoms with Gasteiger partial charge in [0.25, 0.3) is 0 Å². The highest BCUT2D eigenvalue weighted by Gasteiger charge is 2.39. The third-order valence-electron chi connectivity index (χ3n) is 7.27. The van der Waals surface area contributed by atoms with Crippen molar-refractivity contribution in [3.05, 3.63) is 76.3 Å². The van der Waals surface area contributed by atoms with Gasteiger partial charge in [0.1, 0.15) is 23.3 Å². The van der Waals surface area contributed by atoms with Gasteiger partial charge in [0.2, 0.25) is 5.91 Å².